The van der Waals surface area contributed by atoms with Gasteiger partial charge < -0.3 is 10.2 Å². The molecule has 0 spiro atoms. The van der Waals surface area contributed by atoms with E-state index in [0.29, 0.717) is 17.9 Å². The Kier molecular flexibility index (Phi) is 4.58. The van der Waals surface area contributed by atoms with E-state index in [0.717, 1.165) is 25.9 Å². The van der Waals surface area contributed by atoms with Crippen molar-refractivity contribution >= 4 is 5.91 Å². The largest absolute Gasteiger partial charge is 0.356 e. The summed E-state index contributed by atoms with van der Waals surface area (Å²) in [5.41, 5.74) is 0. The van der Waals surface area contributed by atoms with Crippen molar-refractivity contribution in [3.63, 3.8) is 0 Å². The van der Waals surface area contributed by atoms with Gasteiger partial charge in [-0.1, -0.05) is 6.92 Å². The zero-order valence-electron chi connectivity index (χ0n) is 10.4. The number of nitrogens with zero attached hydrogens (tertiary/aromatic N) is 1. The van der Waals surface area contributed by atoms with E-state index in [1.165, 1.54) is 0 Å². The summed E-state index contributed by atoms with van der Waals surface area (Å²) in [6.07, 6.45) is 2.12. The fourth-order valence-corrected chi connectivity index (χ4v) is 1.62. The van der Waals surface area contributed by atoms with Gasteiger partial charge in [0.15, 0.2) is 0 Å². The van der Waals surface area contributed by atoms with Gasteiger partial charge in [-0.3, -0.25) is 4.79 Å². The second-order valence-electron chi connectivity index (χ2n) is 5.04. The Morgan fingerprint density at radius 3 is 2.60 bits per heavy atom. The maximum Gasteiger partial charge on any atom is 0.223 e. The normalized spacial score (nSPS) is 24.7. The molecule has 1 fully saturated rings. The summed E-state index contributed by atoms with van der Waals surface area (Å²) in [4.78, 5) is 13.8. The summed E-state index contributed by atoms with van der Waals surface area (Å²) < 4.78 is 0. The molecule has 1 rings (SSSR count). The number of hydrogen-bond acceptors (Lipinski definition) is 2. The molecule has 3 heteroatoms. The Balaban J connectivity index is 1.99. The van der Waals surface area contributed by atoms with Gasteiger partial charge in [-0.2, -0.15) is 0 Å². The van der Waals surface area contributed by atoms with Gasteiger partial charge in [0, 0.05) is 18.5 Å². The molecule has 0 bridgehead atoms. The van der Waals surface area contributed by atoms with E-state index in [9.17, 15) is 4.79 Å². The smallest absolute Gasteiger partial charge is 0.223 e. The number of carbonyl (C=O) groups is 1. The van der Waals surface area contributed by atoms with Crippen LogP contribution in [0.25, 0.3) is 0 Å². The SMILES string of the molecule is CC(C)N(C)CCCNC(=O)[C@@H]1C[C@H]1C. The van der Waals surface area contributed by atoms with Crippen molar-refractivity contribution in [1.29, 1.82) is 0 Å². The topological polar surface area (TPSA) is 32.3 Å². The Labute approximate surface area is 93.2 Å². The summed E-state index contributed by atoms with van der Waals surface area (Å²) >= 11 is 0. The van der Waals surface area contributed by atoms with Gasteiger partial charge in [0.25, 0.3) is 0 Å². The second-order valence-corrected chi connectivity index (χ2v) is 5.04. The Morgan fingerprint density at radius 1 is 1.53 bits per heavy atom. The first-order valence-corrected chi connectivity index (χ1v) is 6.00. The molecule has 0 saturated heterocycles. The molecule has 15 heavy (non-hydrogen) atoms. The van der Waals surface area contributed by atoms with Crippen molar-refractivity contribution in [1.82, 2.24) is 10.2 Å². The first kappa shape index (κ1) is 12.5. The minimum Gasteiger partial charge on any atom is -0.356 e. The highest BCUT2D eigenvalue weighted by Gasteiger charge is 2.38. The van der Waals surface area contributed by atoms with Crippen molar-refractivity contribution in [2.75, 3.05) is 20.1 Å². The minimum absolute atomic E-state index is 0.259. The van der Waals surface area contributed by atoms with E-state index >= 15 is 0 Å². The lowest BCUT2D eigenvalue weighted by Crippen LogP contribution is -2.32. The Hall–Kier alpha value is -0.570. The van der Waals surface area contributed by atoms with E-state index in [1.54, 1.807) is 0 Å². The van der Waals surface area contributed by atoms with Crippen LogP contribution in [0.3, 0.4) is 0 Å². The van der Waals surface area contributed by atoms with Gasteiger partial charge in [-0.15, -0.1) is 0 Å². The van der Waals surface area contributed by atoms with Crippen LogP contribution in [-0.4, -0.2) is 37.0 Å². The van der Waals surface area contributed by atoms with E-state index in [1.807, 2.05) is 0 Å². The molecule has 0 radical (unpaired) electrons. The van der Waals surface area contributed by atoms with Crippen LogP contribution in [0.2, 0.25) is 0 Å². The van der Waals surface area contributed by atoms with E-state index in [-0.39, 0.29) is 5.91 Å². The van der Waals surface area contributed by atoms with Crippen molar-refractivity contribution < 1.29 is 4.79 Å². The molecule has 0 aromatic heterocycles. The van der Waals surface area contributed by atoms with Crippen LogP contribution in [0.1, 0.15) is 33.6 Å². The molecule has 0 aliphatic heterocycles. The van der Waals surface area contributed by atoms with Gasteiger partial charge in [0.05, 0.1) is 0 Å². The maximum absolute atomic E-state index is 11.5. The molecule has 1 aliphatic rings. The fourth-order valence-electron chi connectivity index (χ4n) is 1.62. The Morgan fingerprint density at radius 2 is 2.13 bits per heavy atom. The molecule has 1 saturated carbocycles. The molecular weight excluding hydrogens is 188 g/mol. The quantitative estimate of drug-likeness (QED) is 0.677. The molecule has 2 atom stereocenters. The van der Waals surface area contributed by atoms with E-state index in [4.69, 9.17) is 0 Å². The molecule has 0 heterocycles. The lowest BCUT2D eigenvalue weighted by Gasteiger charge is -2.20. The molecule has 1 aliphatic carbocycles. The third-order valence-electron chi connectivity index (χ3n) is 3.31. The molecular formula is C12H24N2O. The average molecular weight is 212 g/mol. The first-order chi connectivity index (χ1) is 7.02. The zero-order valence-corrected chi connectivity index (χ0v) is 10.4. The van der Waals surface area contributed by atoms with Crippen LogP contribution >= 0.6 is 0 Å². The predicted octanol–water partition coefficient (Wildman–Crippen LogP) is 1.49. The molecule has 0 aromatic rings. The molecule has 3 nitrogen and oxygen atoms in total. The van der Waals surface area contributed by atoms with Crippen LogP contribution in [0.5, 0.6) is 0 Å². The van der Waals surface area contributed by atoms with Crippen molar-refractivity contribution in [3.05, 3.63) is 0 Å². The minimum atomic E-state index is 0.259. The fraction of sp³-hybridized carbons (Fsp3) is 0.917. The molecule has 0 unspecified atom stereocenters. The molecule has 0 aromatic carbocycles. The van der Waals surface area contributed by atoms with Gasteiger partial charge in [0.2, 0.25) is 5.91 Å². The van der Waals surface area contributed by atoms with Gasteiger partial charge >= 0.3 is 0 Å². The average Bonchev–Trinajstić information content (AvgIpc) is 2.89. The third-order valence-corrected chi connectivity index (χ3v) is 3.31. The summed E-state index contributed by atoms with van der Waals surface area (Å²) in [5, 5.41) is 3.00. The lowest BCUT2D eigenvalue weighted by molar-refractivity contribution is -0.122. The molecule has 1 N–H and O–H groups in total. The molecule has 1 amide bonds. The number of hydrogen-bond donors (Lipinski definition) is 1. The number of nitrogens with one attached hydrogen (secondary N) is 1. The highest BCUT2D eigenvalue weighted by atomic mass is 16.2. The van der Waals surface area contributed by atoms with E-state index < -0.39 is 0 Å². The highest BCUT2D eigenvalue weighted by Crippen LogP contribution is 2.37. The second kappa shape index (κ2) is 5.50. The van der Waals surface area contributed by atoms with E-state index in [2.05, 4.69) is 38.0 Å². The van der Waals surface area contributed by atoms with Crippen LogP contribution < -0.4 is 5.32 Å². The zero-order chi connectivity index (χ0) is 11.4. The van der Waals surface area contributed by atoms with Crippen LogP contribution in [0.15, 0.2) is 0 Å². The monoisotopic (exact) mass is 212 g/mol. The van der Waals surface area contributed by atoms with Gasteiger partial charge in [-0.25, -0.2) is 0 Å². The lowest BCUT2D eigenvalue weighted by atomic mass is 10.3. The summed E-state index contributed by atoms with van der Waals surface area (Å²) in [7, 11) is 2.12. The van der Waals surface area contributed by atoms with Crippen LogP contribution in [0, 0.1) is 11.8 Å². The predicted molar refractivity (Wildman–Crippen MR) is 62.7 cm³/mol. The summed E-state index contributed by atoms with van der Waals surface area (Å²) in [5.74, 6) is 1.19. The standard InChI is InChI=1S/C12H24N2O/c1-9(2)14(4)7-5-6-13-12(15)11-8-10(11)3/h9-11H,5-8H2,1-4H3,(H,13,15)/t10-,11-/m1/s1. The number of amides is 1. The summed E-state index contributed by atoms with van der Waals surface area (Å²) in [6, 6.07) is 0.587. The highest BCUT2D eigenvalue weighted by molar-refractivity contribution is 5.81. The van der Waals surface area contributed by atoms with Crippen molar-refractivity contribution in [3.8, 4) is 0 Å². The number of rotatable bonds is 6. The van der Waals surface area contributed by atoms with Crippen LogP contribution in [0.4, 0.5) is 0 Å². The van der Waals surface area contributed by atoms with Gasteiger partial charge in [-0.05, 0) is 46.2 Å². The van der Waals surface area contributed by atoms with Crippen molar-refractivity contribution in [2.24, 2.45) is 11.8 Å². The van der Waals surface area contributed by atoms with Crippen molar-refractivity contribution in [2.45, 2.75) is 39.7 Å². The maximum atomic E-state index is 11.5. The number of carbonyl (C=O) groups excluding carboxylic acids is 1. The van der Waals surface area contributed by atoms with Crippen LogP contribution in [-0.2, 0) is 4.79 Å². The first-order valence-electron chi connectivity index (χ1n) is 6.00. The summed E-state index contributed by atoms with van der Waals surface area (Å²) in [6.45, 7) is 8.38. The third kappa shape index (κ3) is 4.20. The Bertz CT molecular complexity index is 216. The van der Waals surface area contributed by atoms with Gasteiger partial charge in [0.1, 0.15) is 0 Å². The molecule has 88 valence electrons.